The Bertz CT molecular complexity index is 1610. The molecule has 1 aliphatic carbocycles. The van der Waals surface area contributed by atoms with Crippen LogP contribution in [-0.4, -0.2) is 29.4 Å². The highest BCUT2D eigenvalue weighted by Crippen LogP contribution is 2.57. The molecule has 0 aromatic heterocycles. The van der Waals surface area contributed by atoms with E-state index in [-0.39, 0.29) is 16.3 Å². The fourth-order valence-electron chi connectivity index (χ4n) is 5.70. The Kier molecular flexibility index (Phi) is 7.47. The van der Waals surface area contributed by atoms with E-state index in [0.717, 1.165) is 28.5 Å². The first-order valence-electron chi connectivity index (χ1n) is 12.0. The Morgan fingerprint density at radius 1 is 0.947 bits per heavy atom. The number of rotatable bonds is 7. The number of hydrogen-bond donors (Lipinski definition) is 1. The fourth-order valence-corrected chi connectivity index (χ4v) is 9.09. The van der Waals surface area contributed by atoms with Crippen LogP contribution < -0.4 is 9.03 Å². The van der Waals surface area contributed by atoms with Crippen molar-refractivity contribution in [2.45, 2.75) is 46.9 Å². The van der Waals surface area contributed by atoms with Crippen LogP contribution in [0.1, 0.15) is 31.2 Å². The highest BCUT2D eigenvalue weighted by atomic mass is 79.9. The summed E-state index contributed by atoms with van der Waals surface area (Å²) in [7, 11) is -7.74. The molecule has 2 aliphatic rings. The van der Waals surface area contributed by atoms with E-state index in [1.807, 2.05) is 12.1 Å². The first kappa shape index (κ1) is 27.7. The molecule has 200 valence electrons. The van der Waals surface area contributed by atoms with E-state index in [1.54, 1.807) is 18.2 Å². The molecule has 0 saturated heterocycles. The van der Waals surface area contributed by atoms with Gasteiger partial charge in [-0.1, -0.05) is 51.3 Å². The lowest BCUT2D eigenvalue weighted by Gasteiger charge is -2.44. The summed E-state index contributed by atoms with van der Waals surface area (Å²) in [4.78, 5) is 0.256. The molecule has 0 radical (unpaired) electrons. The smallest absolute Gasteiger partial charge is 0.262 e. The van der Waals surface area contributed by atoms with Crippen LogP contribution in [-0.2, 0) is 25.5 Å². The predicted octanol–water partition coefficient (Wildman–Crippen LogP) is 6.68. The normalized spacial score (nSPS) is 21.3. The third kappa shape index (κ3) is 4.71. The van der Waals surface area contributed by atoms with Crippen molar-refractivity contribution in [2.24, 2.45) is 0 Å². The third-order valence-corrected chi connectivity index (χ3v) is 11.7. The minimum atomic E-state index is -3.95. The van der Waals surface area contributed by atoms with Crippen LogP contribution in [0.2, 0.25) is 10.0 Å². The lowest BCUT2D eigenvalue weighted by Crippen LogP contribution is -2.51. The minimum Gasteiger partial charge on any atom is -0.262 e. The summed E-state index contributed by atoms with van der Waals surface area (Å²) in [6, 6.07) is 17.2. The molecule has 11 heteroatoms. The molecular weight excluding hydrogens is 631 g/mol. The van der Waals surface area contributed by atoms with Crippen LogP contribution in [0.4, 0.5) is 5.69 Å². The second-order valence-electron chi connectivity index (χ2n) is 9.50. The highest BCUT2D eigenvalue weighted by Gasteiger charge is 2.56. The highest BCUT2D eigenvalue weighted by molar-refractivity contribution is 9.10. The van der Waals surface area contributed by atoms with E-state index in [1.165, 1.54) is 40.7 Å². The largest absolute Gasteiger partial charge is 0.264 e. The summed E-state index contributed by atoms with van der Waals surface area (Å²) in [6.07, 6.45) is 2.46. The van der Waals surface area contributed by atoms with Gasteiger partial charge in [0.2, 0.25) is 10.0 Å². The van der Waals surface area contributed by atoms with Gasteiger partial charge in [-0.3, -0.25) is 4.31 Å². The molecule has 2 atom stereocenters. The molecule has 1 N–H and O–H groups in total. The SMILES string of the molecule is C=C1CCCC2N(S(=O)(=O)c3ccc(Cl)cc3)c3ccc(Br)cc3C12CCNS(=O)(=O)c1ccc(Cl)cc1. The molecule has 0 amide bonds. The van der Waals surface area contributed by atoms with E-state index in [9.17, 15) is 16.8 Å². The molecule has 3 aromatic carbocycles. The van der Waals surface area contributed by atoms with Gasteiger partial charge in [0.15, 0.2) is 0 Å². The van der Waals surface area contributed by atoms with Crippen molar-refractivity contribution in [2.75, 3.05) is 10.8 Å². The van der Waals surface area contributed by atoms with Gasteiger partial charge in [-0.2, -0.15) is 0 Å². The van der Waals surface area contributed by atoms with Gasteiger partial charge < -0.3 is 0 Å². The lowest BCUT2D eigenvalue weighted by atomic mass is 9.63. The van der Waals surface area contributed by atoms with Crippen LogP contribution in [0.3, 0.4) is 0 Å². The summed E-state index contributed by atoms with van der Waals surface area (Å²) < 4.78 is 59.1. The van der Waals surface area contributed by atoms with Crippen molar-refractivity contribution in [1.29, 1.82) is 0 Å². The molecule has 5 rings (SSSR count). The maximum Gasteiger partial charge on any atom is 0.264 e. The van der Waals surface area contributed by atoms with Crippen molar-refractivity contribution in [3.05, 3.63) is 99.0 Å². The molecule has 1 heterocycles. The van der Waals surface area contributed by atoms with Crippen molar-refractivity contribution in [3.8, 4) is 0 Å². The van der Waals surface area contributed by atoms with E-state index in [0.29, 0.717) is 28.6 Å². The Labute approximate surface area is 241 Å². The fraction of sp³-hybridized carbons (Fsp3) is 0.259. The van der Waals surface area contributed by atoms with Gasteiger partial charge >= 0.3 is 0 Å². The zero-order valence-electron chi connectivity index (χ0n) is 20.2. The number of nitrogens with one attached hydrogen (secondary N) is 1. The topological polar surface area (TPSA) is 83.6 Å². The molecule has 3 aromatic rings. The molecule has 1 aliphatic heterocycles. The van der Waals surface area contributed by atoms with Crippen molar-refractivity contribution in [1.82, 2.24) is 4.72 Å². The minimum absolute atomic E-state index is 0.0985. The standard InChI is InChI=1S/C27H25BrCl2N2O4S2/c1-18-3-2-4-26-27(18,15-16-31-37(33,34)22-10-6-20(29)7-11-22)24-17-19(28)5-14-25(24)32(26)38(35,36)23-12-8-21(30)9-13-23/h5-14,17,26,31H,1-4,15-16H2. The quantitative estimate of drug-likeness (QED) is 0.288. The number of hydrogen-bond acceptors (Lipinski definition) is 4. The Balaban J connectivity index is 1.56. The molecule has 0 spiro atoms. The van der Waals surface area contributed by atoms with Gasteiger partial charge in [-0.15, -0.1) is 0 Å². The van der Waals surface area contributed by atoms with E-state index in [2.05, 4.69) is 27.2 Å². The zero-order valence-corrected chi connectivity index (χ0v) is 24.9. The number of sulfonamides is 2. The number of nitrogens with zero attached hydrogens (tertiary/aromatic N) is 1. The Morgan fingerprint density at radius 3 is 2.18 bits per heavy atom. The van der Waals surface area contributed by atoms with Crippen molar-refractivity contribution < 1.29 is 16.8 Å². The molecule has 38 heavy (non-hydrogen) atoms. The van der Waals surface area contributed by atoms with Gasteiger partial charge in [0, 0.05) is 26.5 Å². The molecule has 2 unspecified atom stereocenters. The number of benzene rings is 3. The summed E-state index contributed by atoms with van der Waals surface area (Å²) in [5.74, 6) is 0. The van der Waals surface area contributed by atoms with Crippen LogP contribution >= 0.6 is 39.1 Å². The van der Waals surface area contributed by atoms with E-state index in [4.69, 9.17) is 23.2 Å². The maximum atomic E-state index is 14.1. The van der Waals surface area contributed by atoms with Gasteiger partial charge in [0.25, 0.3) is 10.0 Å². The monoisotopic (exact) mass is 654 g/mol. The second-order valence-corrected chi connectivity index (χ2v) is 14.9. The third-order valence-electron chi connectivity index (χ3n) is 7.42. The summed E-state index contributed by atoms with van der Waals surface area (Å²) in [5, 5.41) is 0.891. The number of halogens is 3. The average molecular weight is 656 g/mol. The molecular formula is C27H25BrCl2N2O4S2. The van der Waals surface area contributed by atoms with Crippen LogP contribution in [0.25, 0.3) is 0 Å². The summed E-state index contributed by atoms with van der Waals surface area (Å²) >= 11 is 15.5. The number of fused-ring (bicyclic) bond motifs is 3. The molecule has 1 saturated carbocycles. The lowest BCUT2D eigenvalue weighted by molar-refractivity contribution is 0.331. The first-order chi connectivity index (χ1) is 18.0. The predicted molar refractivity (Wildman–Crippen MR) is 155 cm³/mol. The van der Waals surface area contributed by atoms with E-state index < -0.39 is 31.5 Å². The Morgan fingerprint density at radius 2 is 1.55 bits per heavy atom. The average Bonchev–Trinajstić information content (AvgIpc) is 3.16. The van der Waals surface area contributed by atoms with Gasteiger partial charge in [-0.05, 0) is 98.0 Å². The van der Waals surface area contributed by atoms with E-state index >= 15 is 0 Å². The maximum absolute atomic E-state index is 14.1. The summed E-state index contributed by atoms with van der Waals surface area (Å²) in [5.41, 5.74) is 1.54. The van der Waals surface area contributed by atoms with Crippen LogP contribution in [0, 0.1) is 0 Å². The second kappa shape index (κ2) is 10.3. The number of anilines is 1. The van der Waals surface area contributed by atoms with Crippen molar-refractivity contribution in [3.63, 3.8) is 0 Å². The first-order valence-corrected chi connectivity index (χ1v) is 16.5. The van der Waals surface area contributed by atoms with Gasteiger partial charge in [0.1, 0.15) is 0 Å². The summed E-state index contributed by atoms with van der Waals surface area (Å²) in [6.45, 7) is 4.49. The zero-order chi connectivity index (χ0) is 27.3. The van der Waals surface area contributed by atoms with Crippen LogP contribution in [0.5, 0.6) is 0 Å². The van der Waals surface area contributed by atoms with Gasteiger partial charge in [0.05, 0.1) is 21.5 Å². The van der Waals surface area contributed by atoms with Crippen molar-refractivity contribution >= 4 is 64.9 Å². The molecule has 1 fully saturated rings. The Hall–Kier alpha value is -1.88. The molecule has 0 bridgehead atoms. The molecule has 6 nitrogen and oxygen atoms in total. The van der Waals surface area contributed by atoms with Gasteiger partial charge in [-0.25, -0.2) is 21.6 Å². The van der Waals surface area contributed by atoms with Crippen LogP contribution in [0.15, 0.2) is 93.1 Å².